The van der Waals surface area contributed by atoms with Crippen LogP contribution in [-0.4, -0.2) is 21.8 Å². The molecule has 7 heteroatoms. The number of phenolic OH excluding ortho intramolecular Hbond substituents is 2. The highest BCUT2D eigenvalue weighted by Crippen LogP contribution is 2.37. The van der Waals surface area contributed by atoms with E-state index in [0.717, 1.165) is 19.3 Å². The van der Waals surface area contributed by atoms with E-state index in [1.165, 1.54) is 6.07 Å². The van der Waals surface area contributed by atoms with Gasteiger partial charge in [0.1, 0.15) is 28.6 Å². The average molecular weight is 552 g/mol. The topological polar surface area (TPSA) is 87.7 Å². The van der Waals surface area contributed by atoms with Crippen molar-refractivity contribution in [3.8, 4) is 11.5 Å². The SMILES string of the molecule is CCCCC(=O)Cc1cc2oc(CCC)c(C(=O)c3cc(Br)c(O)c(Br)c3)c2cc1O. The average Bonchev–Trinajstić information content (AvgIpc) is 3.06. The molecule has 0 aliphatic heterocycles. The lowest BCUT2D eigenvalue weighted by Gasteiger charge is -2.07. The molecule has 1 aromatic heterocycles. The highest BCUT2D eigenvalue weighted by molar-refractivity contribution is 9.11. The van der Waals surface area contributed by atoms with Crippen molar-refractivity contribution < 1.29 is 24.2 Å². The van der Waals surface area contributed by atoms with Crippen LogP contribution in [0.15, 0.2) is 37.6 Å². The van der Waals surface area contributed by atoms with Gasteiger partial charge in [-0.3, -0.25) is 9.59 Å². The largest absolute Gasteiger partial charge is 0.508 e. The van der Waals surface area contributed by atoms with E-state index in [0.29, 0.717) is 55.2 Å². The van der Waals surface area contributed by atoms with Crippen LogP contribution in [0.25, 0.3) is 11.0 Å². The molecule has 0 spiro atoms. The van der Waals surface area contributed by atoms with Gasteiger partial charge in [-0.25, -0.2) is 0 Å². The van der Waals surface area contributed by atoms with Crippen molar-refractivity contribution in [1.29, 1.82) is 0 Å². The molecule has 0 saturated heterocycles. The Labute approximate surface area is 197 Å². The minimum absolute atomic E-state index is 0.0115. The van der Waals surface area contributed by atoms with Crippen LogP contribution in [0.5, 0.6) is 11.5 Å². The number of ketones is 2. The smallest absolute Gasteiger partial charge is 0.197 e. The van der Waals surface area contributed by atoms with Gasteiger partial charge in [0.05, 0.1) is 14.5 Å². The third-order valence-corrected chi connectivity index (χ3v) is 6.35. The number of Topliss-reactive ketones (excluding diaryl/α,β-unsaturated/α-hetero) is 1. The molecule has 0 radical (unpaired) electrons. The minimum atomic E-state index is -0.269. The van der Waals surface area contributed by atoms with Crippen LogP contribution in [0.3, 0.4) is 0 Å². The Morgan fingerprint density at radius 3 is 2.29 bits per heavy atom. The fraction of sp³-hybridized carbons (Fsp3) is 0.333. The number of unbranched alkanes of at least 4 members (excludes halogenated alkanes) is 1. The van der Waals surface area contributed by atoms with E-state index < -0.39 is 0 Å². The second-order valence-electron chi connectivity index (χ2n) is 7.56. The quantitative estimate of drug-likeness (QED) is 0.284. The van der Waals surface area contributed by atoms with Crippen molar-refractivity contribution >= 4 is 54.4 Å². The fourth-order valence-corrected chi connectivity index (χ4v) is 4.72. The lowest BCUT2D eigenvalue weighted by Crippen LogP contribution is -2.05. The number of halogens is 2. The lowest BCUT2D eigenvalue weighted by atomic mass is 9.96. The molecule has 0 amide bonds. The molecule has 0 atom stereocenters. The third-order valence-electron chi connectivity index (χ3n) is 5.14. The highest BCUT2D eigenvalue weighted by atomic mass is 79.9. The molecule has 0 bridgehead atoms. The van der Waals surface area contributed by atoms with Gasteiger partial charge in [0.2, 0.25) is 0 Å². The standard InChI is InChI=1S/C24H24Br2O5/c1-3-5-7-15(27)8-13-11-21-16(12-19(13)28)22(20(31-21)6-4-2)23(29)14-9-17(25)24(30)18(26)10-14/h9-12,28,30H,3-8H2,1-2H3. The number of furan rings is 1. The second kappa shape index (κ2) is 10.0. The zero-order chi connectivity index (χ0) is 22.7. The van der Waals surface area contributed by atoms with Crippen LogP contribution in [0.4, 0.5) is 0 Å². The second-order valence-corrected chi connectivity index (χ2v) is 9.27. The molecule has 0 fully saturated rings. The first-order valence-corrected chi connectivity index (χ1v) is 11.9. The molecule has 31 heavy (non-hydrogen) atoms. The van der Waals surface area contributed by atoms with E-state index in [4.69, 9.17) is 4.42 Å². The number of fused-ring (bicyclic) bond motifs is 1. The van der Waals surface area contributed by atoms with E-state index in [-0.39, 0.29) is 29.5 Å². The number of rotatable bonds is 9. The van der Waals surface area contributed by atoms with Gasteiger partial charge in [0.25, 0.3) is 0 Å². The van der Waals surface area contributed by atoms with Crippen LogP contribution in [0, 0.1) is 0 Å². The fourth-order valence-electron chi connectivity index (χ4n) is 3.53. The van der Waals surface area contributed by atoms with E-state index in [2.05, 4.69) is 31.9 Å². The summed E-state index contributed by atoms with van der Waals surface area (Å²) in [4.78, 5) is 25.6. The molecule has 2 aromatic carbocycles. The third kappa shape index (κ3) is 5.04. The van der Waals surface area contributed by atoms with Gasteiger partial charge in [-0.1, -0.05) is 20.3 Å². The highest BCUT2D eigenvalue weighted by Gasteiger charge is 2.24. The zero-order valence-electron chi connectivity index (χ0n) is 17.4. The molecule has 0 unspecified atom stereocenters. The van der Waals surface area contributed by atoms with Crippen LogP contribution in [0.1, 0.15) is 66.8 Å². The van der Waals surface area contributed by atoms with E-state index in [1.54, 1.807) is 18.2 Å². The number of benzene rings is 2. The molecule has 1 heterocycles. The minimum Gasteiger partial charge on any atom is -0.508 e. The Bertz CT molecular complexity index is 1120. The van der Waals surface area contributed by atoms with E-state index >= 15 is 0 Å². The molecular formula is C24H24Br2O5. The van der Waals surface area contributed by atoms with Crippen LogP contribution in [-0.2, 0) is 17.6 Å². The summed E-state index contributed by atoms with van der Waals surface area (Å²) in [5.41, 5.74) is 1.73. The summed E-state index contributed by atoms with van der Waals surface area (Å²) in [7, 11) is 0. The van der Waals surface area contributed by atoms with Gasteiger partial charge in [-0.15, -0.1) is 0 Å². The van der Waals surface area contributed by atoms with Gasteiger partial charge < -0.3 is 14.6 Å². The molecule has 164 valence electrons. The van der Waals surface area contributed by atoms with Gasteiger partial charge in [0, 0.05) is 35.8 Å². The Kier molecular flexibility index (Phi) is 7.59. The lowest BCUT2D eigenvalue weighted by molar-refractivity contribution is -0.118. The number of carbonyl (C=O) groups excluding carboxylic acids is 2. The number of carbonyl (C=O) groups is 2. The number of hydrogen-bond acceptors (Lipinski definition) is 5. The molecule has 0 saturated carbocycles. The summed E-state index contributed by atoms with van der Waals surface area (Å²) < 4.78 is 6.80. The van der Waals surface area contributed by atoms with Crippen LogP contribution >= 0.6 is 31.9 Å². The Morgan fingerprint density at radius 1 is 1.00 bits per heavy atom. The molecule has 3 rings (SSSR count). The molecule has 5 nitrogen and oxygen atoms in total. The van der Waals surface area contributed by atoms with Crippen molar-refractivity contribution in [1.82, 2.24) is 0 Å². The normalized spacial score (nSPS) is 11.2. The first-order valence-electron chi connectivity index (χ1n) is 10.3. The summed E-state index contributed by atoms with van der Waals surface area (Å²) in [5, 5.41) is 21.0. The number of aromatic hydroxyl groups is 2. The van der Waals surface area contributed by atoms with Crippen molar-refractivity contribution in [2.24, 2.45) is 0 Å². The van der Waals surface area contributed by atoms with Crippen LogP contribution in [0.2, 0.25) is 0 Å². The predicted molar refractivity (Wildman–Crippen MR) is 127 cm³/mol. The molecule has 0 aliphatic rings. The van der Waals surface area contributed by atoms with Gasteiger partial charge in [0.15, 0.2) is 5.78 Å². The molecule has 0 aliphatic carbocycles. The summed E-state index contributed by atoms with van der Waals surface area (Å²) >= 11 is 6.52. The van der Waals surface area contributed by atoms with E-state index in [9.17, 15) is 19.8 Å². The Hall–Kier alpha value is -2.12. The Balaban J connectivity index is 2.08. The summed E-state index contributed by atoms with van der Waals surface area (Å²) in [6.45, 7) is 4.02. The van der Waals surface area contributed by atoms with Gasteiger partial charge in [-0.05, 0) is 69.0 Å². The monoisotopic (exact) mass is 550 g/mol. The first kappa shape index (κ1) is 23.5. The Morgan fingerprint density at radius 2 is 1.68 bits per heavy atom. The van der Waals surface area contributed by atoms with Gasteiger partial charge in [-0.2, -0.15) is 0 Å². The van der Waals surface area contributed by atoms with Crippen LogP contribution < -0.4 is 0 Å². The predicted octanol–water partition coefficient (Wildman–Crippen LogP) is 6.85. The van der Waals surface area contributed by atoms with Crippen molar-refractivity contribution in [3.05, 3.63) is 55.7 Å². The maximum absolute atomic E-state index is 13.4. The van der Waals surface area contributed by atoms with Crippen molar-refractivity contribution in [2.75, 3.05) is 0 Å². The van der Waals surface area contributed by atoms with E-state index in [1.807, 2.05) is 13.8 Å². The summed E-state index contributed by atoms with van der Waals surface area (Å²) in [6, 6.07) is 6.28. The number of hydrogen-bond donors (Lipinski definition) is 2. The molecule has 3 aromatic rings. The van der Waals surface area contributed by atoms with Crippen molar-refractivity contribution in [3.63, 3.8) is 0 Å². The molecular weight excluding hydrogens is 528 g/mol. The summed E-state index contributed by atoms with van der Waals surface area (Å²) in [5.74, 6) is 0.319. The number of aryl methyl sites for hydroxylation is 1. The maximum atomic E-state index is 13.4. The number of phenols is 2. The zero-order valence-corrected chi connectivity index (χ0v) is 20.6. The maximum Gasteiger partial charge on any atom is 0.197 e. The molecule has 2 N–H and O–H groups in total. The first-order chi connectivity index (χ1) is 14.8. The van der Waals surface area contributed by atoms with Gasteiger partial charge >= 0.3 is 0 Å². The summed E-state index contributed by atoms with van der Waals surface area (Å²) in [6.07, 6.45) is 3.69. The van der Waals surface area contributed by atoms with Crippen molar-refractivity contribution in [2.45, 2.75) is 52.4 Å².